The molecule has 0 aliphatic carbocycles. The van der Waals surface area contributed by atoms with Gasteiger partial charge in [0.25, 0.3) is 5.69 Å². The Bertz CT molecular complexity index is 937. The third-order valence-corrected chi connectivity index (χ3v) is 4.87. The van der Waals surface area contributed by atoms with Gasteiger partial charge in [-0.1, -0.05) is 11.6 Å². The number of aliphatic hydroxyl groups is 1. The minimum atomic E-state index is -1.16. The molecule has 0 amide bonds. The second-order valence-electron chi connectivity index (χ2n) is 6.86. The molecule has 0 radical (unpaired) electrons. The van der Waals surface area contributed by atoms with Crippen LogP contribution in [0.2, 0.25) is 5.02 Å². The fourth-order valence-corrected chi connectivity index (χ4v) is 3.32. The van der Waals surface area contributed by atoms with E-state index in [4.69, 9.17) is 26.8 Å². The van der Waals surface area contributed by atoms with E-state index in [2.05, 4.69) is 10.3 Å². The van der Waals surface area contributed by atoms with Gasteiger partial charge in [-0.2, -0.15) is 0 Å². The highest BCUT2D eigenvalue weighted by molar-refractivity contribution is 6.30. The van der Waals surface area contributed by atoms with Crippen LogP contribution in [-0.2, 0) is 4.74 Å². The van der Waals surface area contributed by atoms with E-state index < -0.39 is 22.7 Å². The Hall–Kier alpha value is -2.88. The number of nitrogens with zero attached hydrogens (tertiary/aromatic N) is 2. The van der Waals surface area contributed by atoms with Crippen molar-refractivity contribution in [1.29, 1.82) is 0 Å². The maximum absolute atomic E-state index is 11.2. The number of nitrogens with one attached hydrogen (secondary N) is 1. The van der Waals surface area contributed by atoms with Crippen molar-refractivity contribution in [2.45, 2.75) is 24.7 Å². The number of benzene rings is 2. The monoisotopic (exact) mass is 420 g/mol. The highest BCUT2D eigenvalue weighted by atomic mass is 35.5. The van der Waals surface area contributed by atoms with E-state index in [1.54, 1.807) is 31.2 Å². The molecule has 1 aliphatic heterocycles. The Morgan fingerprint density at radius 2 is 2.10 bits per heavy atom. The van der Waals surface area contributed by atoms with Crippen LogP contribution in [0.4, 0.5) is 11.4 Å². The number of nitro groups is 1. The zero-order chi connectivity index (χ0) is 21.2. The molecule has 0 saturated heterocycles. The molecule has 0 bridgehead atoms. The minimum absolute atomic E-state index is 0.0236. The molecular weight excluding hydrogens is 400 g/mol. The molecule has 2 aromatic carbocycles. The first-order valence-electron chi connectivity index (χ1n) is 8.74. The van der Waals surface area contributed by atoms with Gasteiger partial charge in [0.05, 0.1) is 11.5 Å². The van der Waals surface area contributed by atoms with Crippen LogP contribution in [0.25, 0.3) is 0 Å². The van der Waals surface area contributed by atoms with Gasteiger partial charge in [-0.05, 0) is 37.3 Å². The Labute approximate surface area is 172 Å². The number of ether oxygens (including phenoxy) is 2. The van der Waals surface area contributed by atoms with Crippen LogP contribution in [0.5, 0.6) is 5.75 Å². The zero-order valence-electron chi connectivity index (χ0n) is 15.8. The molecule has 0 saturated carbocycles. The molecule has 4 N–H and O–H groups in total. The predicted molar refractivity (Wildman–Crippen MR) is 109 cm³/mol. The van der Waals surface area contributed by atoms with Crippen LogP contribution >= 0.6 is 11.6 Å². The van der Waals surface area contributed by atoms with Crippen molar-refractivity contribution in [1.82, 2.24) is 0 Å². The molecule has 0 fully saturated rings. The normalized spacial score (nSPS) is 23.8. The lowest BCUT2D eigenvalue weighted by Crippen LogP contribution is -2.54. The number of non-ortho nitro benzene ring substituents is 1. The van der Waals surface area contributed by atoms with Crippen molar-refractivity contribution >= 4 is 28.9 Å². The van der Waals surface area contributed by atoms with Crippen molar-refractivity contribution in [3.05, 3.63) is 63.2 Å². The van der Waals surface area contributed by atoms with Gasteiger partial charge in [-0.3, -0.25) is 10.1 Å². The largest absolute Gasteiger partial charge is 0.482 e. The third kappa shape index (κ3) is 4.42. The van der Waals surface area contributed by atoms with Crippen molar-refractivity contribution in [3.8, 4) is 5.75 Å². The number of nitro benzene ring substituents is 1. The van der Waals surface area contributed by atoms with E-state index in [0.29, 0.717) is 22.0 Å². The van der Waals surface area contributed by atoms with Gasteiger partial charge < -0.3 is 25.6 Å². The van der Waals surface area contributed by atoms with E-state index >= 15 is 0 Å². The third-order valence-electron chi connectivity index (χ3n) is 4.62. The summed E-state index contributed by atoms with van der Waals surface area (Å²) < 4.78 is 11.1. The Morgan fingerprint density at radius 1 is 1.41 bits per heavy atom. The summed E-state index contributed by atoms with van der Waals surface area (Å²) in [7, 11) is 1.49. The lowest BCUT2D eigenvalue weighted by atomic mass is 9.86. The SMILES string of the molecule is COCC1(C)Oc2ccc([N+](=O)[O-])cc2C(N=C(N)Nc2ccc(Cl)cc2)C1O. The molecule has 3 rings (SSSR count). The van der Waals surface area contributed by atoms with Crippen molar-refractivity contribution < 1.29 is 19.5 Å². The summed E-state index contributed by atoms with van der Waals surface area (Å²) in [6.45, 7) is 1.76. The van der Waals surface area contributed by atoms with Gasteiger partial charge in [0.2, 0.25) is 0 Å². The Balaban J connectivity index is 2.00. The van der Waals surface area contributed by atoms with Gasteiger partial charge in [0, 0.05) is 35.5 Å². The summed E-state index contributed by atoms with van der Waals surface area (Å²) in [6, 6.07) is 10.1. The highest BCUT2D eigenvalue weighted by Gasteiger charge is 2.47. The first-order chi connectivity index (χ1) is 13.7. The maximum atomic E-state index is 11.2. The highest BCUT2D eigenvalue weighted by Crippen LogP contribution is 2.43. The quantitative estimate of drug-likeness (QED) is 0.293. The molecule has 1 heterocycles. The number of rotatable bonds is 5. The van der Waals surface area contributed by atoms with Crippen LogP contribution < -0.4 is 15.8 Å². The topological polar surface area (TPSA) is 132 Å². The van der Waals surface area contributed by atoms with Gasteiger partial charge in [0.15, 0.2) is 11.6 Å². The number of aliphatic imine (C=N–C) groups is 1. The van der Waals surface area contributed by atoms with Crippen LogP contribution in [0, 0.1) is 10.1 Å². The summed E-state index contributed by atoms with van der Waals surface area (Å²) in [5, 5.41) is 25.6. The molecule has 0 spiro atoms. The fourth-order valence-electron chi connectivity index (χ4n) is 3.19. The first-order valence-corrected chi connectivity index (χ1v) is 9.11. The van der Waals surface area contributed by atoms with Crippen molar-refractivity contribution in [2.75, 3.05) is 19.0 Å². The number of anilines is 1. The maximum Gasteiger partial charge on any atom is 0.270 e. The number of hydrogen-bond donors (Lipinski definition) is 3. The van der Waals surface area contributed by atoms with Crippen molar-refractivity contribution in [2.24, 2.45) is 10.7 Å². The molecule has 29 heavy (non-hydrogen) atoms. The fraction of sp³-hybridized carbons (Fsp3) is 0.316. The standard InChI is InChI=1S/C19H21ClN4O5/c1-19(10-28-2)17(25)16(14-9-13(24(26)27)7-8-15(14)29-19)23-18(21)22-12-5-3-11(20)4-6-12/h3-9,16-17,25H,10H2,1-2H3,(H3,21,22,23). The first kappa shape index (κ1) is 20.8. The molecule has 1 aliphatic rings. The summed E-state index contributed by atoms with van der Waals surface area (Å²) >= 11 is 5.88. The second kappa shape index (κ2) is 8.24. The van der Waals surface area contributed by atoms with Crippen LogP contribution in [-0.4, -0.2) is 41.4 Å². The van der Waals surface area contributed by atoms with Crippen LogP contribution in [0.15, 0.2) is 47.5 Å². The molecule has 10 heteroatoms. The molecule has 3 unspecified atom stereocenters. The summed E-state index contributed by atoms with van der Waals surface area (Å²) in [4.78, 5) is 15.1. The average Bonchev–Trinajstić information content (AvgIpc) is 2.67. The lowest BCUT2D eigenvalue weighted by molar-refractivity contribution is -0.385. The number of guanidine groups is 1. The smallest absolute Gasteiger partial charge is 0.270 e. The second-order valence-corrected chi connectivity index (χ2v) is 7.30. The van der Waals surface area contributed by atoms with Gasteiger partial charge in [-0.25, -0.2) is 4.99 Å². The van der Waals surface area contributed by atoms with Crippen molar-refractivity contribution in [3.63, 3.8) is 0 Å². The van der Waals surface area contributed by atoms with Gasteiger partial charge in [0.1, 0.15) is 17.9 Å². The number of methoxy groups -OCH3 is 1. The van der Waals surface area contributed by atoms with E-state index in [1.165, 1.54) is 25.3 Å². The molecule has 3 atom stereocenters. The molecule has 9 nitrogen and oxygen atoms in total. The van der Waals surface area contributed by atoms with E-state index in [9.17, 15) is 15.2 Å². The summed E-state index contributed by atoms with van der Waals surface area (Å²) in [6.07, 6.45) is -1.16. The molecular formula is C19H21ClN4O5. The Morgan fingerprint density at radius 3 is 2.72 bits per heavy atom. The average molecular weight is 421 g/mol. The van der Waals surface area contributed by atoms with Crippen LogP contribution in [0.1, 0.15) is 18.5 Å². The van der Waals surface area contributed by atoms with E-state index in [0.717, 1.165) is 0 Å². The number of fused-ring (bicyclic) bond motifs is 1. The number of nitrogens with two attached hydrogens (primary N) is 1. The summed E-state index contributed by atoms with van der Waals surface area (Å²) in [5.74, 6) is 0.393. The molecule has 2 aromatic rings. The van der Waals surface area contributed by atoms with E-state index in [-0.39, 0.29) is 18.3 Å². The van der Waals surface area contributed by atoms with E-state index in [1.807, 2.05) is 0 Å². The lowest BCUT2D eigenvalue weighted by Gasteiger charge is -2.42. The summed E-state index contributed by atoms with van der Waals surface area (Å²) in [5.41, 5.74) is 5.80. The van der Waals surface area contributed by atoms with Gasteiger partial charge >= 0.3 is 0 Å². The van der Waals surface area contributed by atoms with Gasteiger partial charge in [-0.15, -0.1) is 0 Å². The number of hydrogen-bond acceptors (Lipinski definition) is 6. The van der Waals surface area contributed by atoms with Crippen LogP contribution in [0.3, 0.4) is 0 Å². The number of aliphatic hydroxyl groups excluding tert-OH is 1. The minimum Gasteiger partial charge on any atom is -0.482 e. The number of halogens is 1. The Kier molecular flexibility index (Phi) is 5.92. The molecule has 0 aromatic heterocycles. The molecule has 154 valence electrons. The zero-order valence-corrected chi connectivity index (χ0v) is 16.6. The predicted octanol–water partition coefficient (Wildman–Crippen LogP) is 2.87.